The minimum atomic E-state index is -0.0259. The SMILES string of the molecule is O=c1c2ccccc2oc2ccc(-c3ccc4c(c3)oc3c(-c5ccc6c(c5)c5ccccc5n6-c5ccccc5)cccc34)cc12. The molecular weight excluding hydrogens is 578 g/mol. The maximum atomic E-state index is 13.3. The molecule has 220 valence electrons. The zero-order valence-corrected chi connectivity index (χ0v) is 25.1. The minimum Gasteiger partial charge on any atom is -0.456 e. The van der Waals surface area contributed by atoms with Gasteiger partial charge in [-0.3, -0.25) is 4.79 Å². The van der Waals surface area contributed by atoms with Gasteiger partial charge in [-0.25, -0.2) is 0 Å². The molecule has 0 N–H and O–H groups in total. The van der Waals surface area contributed by atoms with Crippen LogP contribution >= 0.6 is 0 Å². The van der Waals surface area contributed by atoms with E-state index < -0.39 is 0 Å². The molecule has 7 aromatic carbocycles. The Morgan fingerprint density at radius 1 is 0.404 bits per heavy atom. The largest absolute Gasteiger partial charge is 0.456 e. The normalized spacial score (nSPS) is 11.9. The third kappa shape index (κ3) is 3.85. The summed E-state index contributed by atoms with van der Waals surface area (Å²) in [6.45, 7) is 0. The highest BCUT2D eigenvalue weighted by Crippen LogP contribution is 2.40. The second-order valence-electron chi connectivity index (χ2n) is 12.1. The molecule has 3 aromatic heterocycles. The van der Waals surface area contributed by atoms with E-state index >= 15 is 0 Å². The summed E-state index contributed by atoms with van der Waals surface area (Å²) in [6, 6.07) is 51.6. The van der Waals surface area contributed by atoms with Gasteiger partial charge in [0.25, 0.3) is 0 Å². The third-order valence-electron chi connectivity index (χ3n) is 9.41. The van der Waals surface area contributed by atoms with Crippen molar-refractivity contribution in [3.8, 4) is 27.9 Å². The van der Waals surface area contributed by atoms with E-state index in [1.54, 1.807) is 0 Å². The number of fused-ring (bicyclic) bond motifs is 8. The van der Waals surface area contributed by atoms with Crippen LogP contribution in [-0.4, -0.2) is 4.57 Å². The maximum Gasteiger partial charge on any atom is 0.200 e. The molecule has 0 saturated carbocycles. The summed E-state index contributed by atoms with van der Waals surface area (Å²) in [5.74, 6) is 0. The van der Waals surface area contributed by atoms with Gasteiger partial charge < -0.3 is 13.4 Å². The van der Waals surface area contributed by atoms with Crippen molar-refractivity contribution in [2.45, 2.75) is 0 Å². The average molecular weight is 604 g/mol. The summed E-state index contributed by atoms with van der Waals surface area (Å²) in [4.78, 5) is 13.3. The lowest BCUT2D eigenvalue weighted by molar-refractivity contribution is 0.660. The second kappa shape index (κ2) is 9.80. The first kappa shape index (κ1) is 25.9. The molecule has 0 fully saturated rings. The van der Waals surface area contributed by atoms with E-state index in [4.69, 9.17) is 8.83 Å². The number of para-hydroxylation sites is 4. The van der Waals surface area contributed by atoms with Crippen LogP contribution in [0.4, 0.5) is 0 Å². The standard InChI is InChI=1S/C43H25NO3/c45-42-34-12-5-7-16-39(34)46-40-22-19-26(23-36(40)42)27-17-20-32-33-14-8-13-30(43(33)47-41(32)25-27)28-18-21-38-35(24-28)31-11-4-6-15-37(31)44(38)29-9-2-1-3-10-29/h1-25H. The number of aromatic nitrogens is 1. The number of hydrogen-bond acceptors (Lipinski definition) is 3. The molecule has 3 heterocycles. The van der Waals surface area contributed by atoms with Crippen LogP contribution in [0.15, 0.2) is 165 Å². The van der Waals surface area contributed by atoms with Crippen molar-refractivity contribution in [2.75, 3.05) is 0 Å². The molecular formula is C43H25NO3. The monoisotopic (exact) mass is 603 g/mol. The summed E-state index contributed by atoms with van der Waals surface area (Å²) in [5.41, 5.74) is 10.4. The molecule has 0 radical (unpaired) electrons. The van der Waals surface area contributed by atoms with E-state index in [2.05, 4.69) is 114 Å². The number of nitrogens with zero attached hydrogens (tertiary/aromatic N) is 1. The highest BCUT2D eigenvalue weighted by atomic mass is 16.3. The van der Waals surface area contributed by atoms with Crippen LogP contribution in [0.5, 0.6) is 0 Å². The summed E-state index contributed by atoms with van der Waals surface area (Å²) in [5, 5.41) is 5.69. The highest BCUT2D eigenvalue weighted by molar-refractivity contribution is 6.13. The van der Waals surface area contributed by atoms with Crippen molar-refractivity contribution < 1.29 is 8.83 Å². The predicted molar refractivity (Wildman–Crippen MR) is 192 cm³/mol. The van der Waals surface area contributed by atoms with Crippen LogP contribution in [0.2, 0.25) is 0 Å². The molecule has 10 rings (SSSR count). The Balaban J connectivity index is 1.12. The first-order valence-electron chi connectivity index (χ1n) is 15.7. The zero-order valence-electron chi connectivity index (χ0n) is 25.1. The van der Waals surface area contributed by atoms with Gasteiger partial charge in [0, 0.05) is 32.8 Å². The first-order chi connectivity index (χ1) is 23.2. The number of furan rings is 1. The second-order valence-corrected chi connectivity index (χ2v) is 12.1. The summed E-state index contributed by atoms with van der Waals surface area (Å²) in [7, 11) is 0. The fourth-order valence-corrected chi connectivity index (χ4v) is 7.18. The van der Waals surface area contributed by atoms with Gasteiger partial charge in [-0.2, -0.15) is 0 Å². The average Bonchev–Trinajstić information content (AvgIpc) is 3.67. The van der Waals surface area contributed by atoms with Gasteiger partial charge in [-0.15, -0.1) is 0 Å². The van der Waals surface area contributed by atoms with Gasteiger partial charge in [0.15, 0.2) is 0 Å². The van der Waals surface area contributed by atoms with E-state index in [0.717, 1.165) is 49.9 Å². The number of rotatable bonds is 3. The molecule has 0 bridgehead atoms. The molecule has 0 unspecified atom stereocenters. The van der Waals surface area contributed by atoms with Gasteiger partial charge in [-0.1, -0.05) is 84.9 Å². The Morgan fingerprint density at radius 3 is 2.00 bits per heavy atom. The Kier molecular flexibility index (Phi) is 5.40. The van der Waals surface area contributed by atoms with Crippen LogP contribution in [0, 0.1) is 0 Å². The first-order valence-corrected chi connectivity index (χ1v) is 15.7. The highest BCUT2D eigenvalue weighted by Gasteiger charge is 2.17. The van der Waals surface area contributed by atoms with Crippen molar-refractivity contribution in [2.24, 2.45) is 0 Å². The van der Waals surface area contributed by atoms with Crippen molar-refractivity contribution in [3.63, 3.8) is 0 Å². The molecule has 0 spiro atoms. The third-order valence-corrected chi connectivity index (χ3v) is 9.41. The number of benzene rings is 7. The smallest absolute Gasteiger partial charge is 0.200 e. The topological polar surface area (TPSA) is 48.3 Å². The Morgan fingerprint density at radius 2 is 1.09 bits per heavy atom. The quantitative estimate of drug-likeness (QED) is 0.189. The molecule has 0 aliphatic rings. The lowest BCUT2D eigenvalue weighted by Gasteiger charge is -2.08. The molecule has 0 amide bonds. The van der Waals surface area contributed by atoms with E-state index in [0.29, 0.717) is 21.9 Å². The Hall–Kier alpha value is -6.39. The molecule has 0 aliphatic carbocycles. The van der Waals surface area contributed by atoms with Gasteiger partial charge in [0.1, 0.15) is 22.3 Å². The van der Waals surface area contributed by atoms with Gasteiger partial charge in [0.2, 0.25) is 5.43 Å². The molecule has 0 atom stereocenters. The fraction of sp³-hybridized carbons (Fsp3) is 0. The van der Waals surface area contributed by atoms with E-state index in [1.165, 1.54) is 21.8 Å². The zero-order chi connectivity index (χ0) is 31.1. The molecule has 10 aromatic rings. The Bertz CT molecular complexity index is 2930. The van der Waals surface area contributed by atoms with Crippen molar-refractivity contribution in [1.29, 1.82) is 0 Å². The van der Waals surface area contributed by atoms with Crippen molar-refractivity contribution in [3.05, 3.63) is 162 Å². The molecule has 4 nitrogen and oxygen atoms in total. The molecule has 0 saturated heterocycles. The van der Waals surface area contributed by atoms with Crippen molar-refractivity contribution in [1.82, 2.24) is 4.57 Å². The molecule has 4 heteroatoms. The maximum absolute atomic E-state index is 13.3. The van der Waals surface area contributed by atoms with E-state index in [-0.39, 0.29) is 5.43 Å². The summed E-state index contributed by atoms with van der Waals surface area (Å²) >= 11 is 0. The predicted octanol–water partition coefficient (Wildman–Crippen LogP) is 11.3. The molecule has 47 heavy (non-hydrogen) atoms. The van der Waals surface area contributed by atoms with Crippen LogP contribution in [0.3, 0.4) is 0 Å². The van der Waals surface area contributed by atoms with Crippen LogP contribution in [0.25, 0.3) is 93.6 Å². The Labute approximate surface area is 268 Å². The van der Waals surface area contributed by atoms with E-state index in [1.807, 2.05) is 42.5 Å². The number of hydrogen-bond donors (Lipinski definition) is 0. The van der Waals surface area contributed by atoms with Crippen LogP contribution in [-0.2, 0) is 0 Å². The lowest BCUT2D eigenvalue weighted by atomic mass is 9.99. The fourth-order valence-electron chi connectivity index (χ4n) is 7.18. The van der Waals surface area contributed by atoms with E-state index in [9.17, 15) is 4.79 Å². The minimum absolute atomic E-state index is 0.0259. The van der Waals surface area contributed by atoms with Gasteiger partial charge in [0.05, 0.1) is 21.8 Å². The summed E-state index contributed by atoms with van der Waals surface area (Å²) in [6.07, 6.45) is 0. The van der Waals surface area contributed by atoms with Crippen molar-refractivity contribution >= 4 is 65.7 Å². The lowest BCUT2D eigenvalue weighted by Crippen LogP contribution is -2.01. The summed E-state index contributed by atoms with van der Waals surface area (Å²) < 4.78 is 15.0. The van der Waals surface area contributed by atoms with Gasteiger partial charge >= 0.3 is 0 Å². The van der Waals surface area contributed by atoms with Crippen LogP contribution < -0.4 is 5.43 Å². The molecule has 0 aliphatic heterocycles. The van der Waals surface area contributed by atoms with Crippen LogP contribution in [0.1, 0.15) is 0 Å². The van der Waals surface area contributed by atoms with Gasteiger partial charge in [-0.05, 0) is 83.4 Å².